The summed E-state index contributed by atoms with van der Waals surface area (Å²) in [4.78, 5) is 11.9. The highest BCUT2D eigenvalue weighted by molar-refractivity contribution is 7.99. The number of thioether (sulfide) groups is 1. The van der Waals surface area contributed by atoms with Crippen molar-refractivity contribution >= 4 is 23.4 Å². The maximum atomic E-state index is 11.9. The number of hydrogen-bond acceptors (Lipinski definition) is 6. The number of carbonyl (C=O) groups excluding carboxylic acids is 1. The van der Waals surface area contributed by atoms with Gasteiger partial charge in [0.15, 0.2) is 16.7 Å². The molecule has 0 unspecified atom stereocenters. The molecule has 1 aromatic carbocycles. The standard InChI is InChI=1S/C13H14N4O3S/c1-17-7-14-16-13(17)21-5-4-12(18)15-9-2-3-10-11(6-9)20-8-19-10/h2-3,6-7H,4-5,8H2,1H3,(H,15,18). The second kappa shape index (κ2) is 6.04. The zero-order chi connectivity index (χ0) is 14.7. The number of anilines is 1. The van der Waals surface area contributed by atoms with E-state index >= 15 is 0 Å². The molecule has 0 aliphatic carbocycles. The molecule has 7 nitrogen and oxygen atoms in total. The van der Waals surface area contributed by atoms with Crippen LogP contribution in [-0.4, -0.2) is 33.2 Å². The molecule has 0 bridgehead atoms. The quantitative estimate of drug-likeness (QED) is 0.847. The van der Waals surface area contributed by atoms with E-state index in [1.165, 1.54) is 11.8 Å². The monoisotopic (exact) mass is 306 g/mol. The molecular weight excluding hydrogens is 292 g/mol. The number of benzene rings is 1. The van der Waals surface area contributed by atoms with Gasteiger partial charge in [0.25, 0.3) is 0 Å². The first-order valence-electron chi connectivity index (χ1n) is 6.38. The predicted octanol–water partition coefficient (Wildman–Crippen LogP) is 1.66. The highest BCUT2D eigenvalue weighted by atomic mass is 32.2. The Bertz CT molecular complexity index is 659. The van der Waals surface area contributed by atoms with Gasteiger partial charge >= 0.3 is 0 Å². The Labute approximate surface area is 125 Å². The molecular formula is C13H14N4O3S. The lowest BCUT2D eigenvalue weighted by atomic mass is 10.2. The van der Waals surface area contributed by atoms with Crippen molar-refractivity contribution in [3.05, 3.63) is 24.5 Å². The molecule has 0 spiro atoms. The molecule has 1 aliphatic rings. The van der Waals surface area contributed by atoms with Gasteiger partial charge in [0, 0.05) is 31.0 Å². The van der Waals surface area contributed by atoms with Crippen LogP contribution in [0.3, 0.4) is 0 Å². The first kappa shape index (κ1) is 13.7. The van der Waals surface area contributed by atoms with Crippen molar-refractivity contribution in [1.82, 2.24) is 14.8 Å². The van der Waals surface area contributed by atoms with Crippen molar-refractivity contribution < 1.29 is 14.3 Å². The van der Waals surface area contributed by atoms with Crippen LogP contribution in [0.5, 0.6) is 11.5 Å². The Kier molecular flexibility index (Phi) is 3.96. The lowest BCUT2D eigenvalue weighted by Crippen LogP contribution is -2.12. The van der Waals surface area contributed by atoms with Crippen LogP contribution in [0.25, 0.3) is 0 Å². The summed E-state index contributed by atoms with van der Waals surface area (Å²) < 4.78 is 12.3. The van der Waals surface area contributed by atoms with E-state index in [0.29, 0.717) is 29.4 Å². The number of nitrogens with zero attached hydrogens (tertiary/aromatic N) is 3. The van der Waals surface area contributed by atoms with E-state index in [-0.39, 0.29) is 12.7 Å². The predicted molar refractivity (Wildman–Crippen MR) is 77.5 cm³/mol. The van der Waals surface area contributed by atoms with Gasteiger partial charge in [0.2, 0.25) is 12.7 Å². The number of aromatic nitrogens is 3. The minimum absolute atomic E-state index is 0.0523. The number of ether oxygens (including phenoxy) is 2. The minimum Gasteiger partial charge on any atom is -0.454 e. The smallest absolute Gasteiger partial charge is 0.231 e. The molecule has 1 aromatic heterocycles. The van der Waals surface area contributed by atoms with Crippen LogP contribution in [-0.2, 0) is 11.8 Å². The van der Waals surface area contributed by atoms with Gasteiger partial charge < -0.3 is 19.4 Å². The third-order valence-corrected chi connectivity index (χ3v) is 3.92. The minimum atomic E-state index is -0.0523. The Morgan fingerprint density at radius 3 is 3.10 bits per heavy atom. The summed E-state index contributed by atoms with van der Waals surface area (Å²) in [6.07, 6.45) is 2.03. The number of rotatable bonds is 5. The fourth-order valence-corrected chi connectivity index (χ4v) is 2.66. The van der Waals surface area contributed by atoms with Crippen LogP contribution in [0.15, 0.2) is 29.7 Å². The molecule has 21 heavy (non-hydrogen) atoms. The van der Waals surface area contributed by atoms with Crippen LogP contribution >= 0.6 is 11.8 Å². The summed E-state index contributed by atoms with van der Waals surface area (Å²) in [5.74, 6) is 1.94. The Balaban J connectivity index is 1.49. The van der Waals surface area contributed by atoms with Crippen LogP contribution < -0.4 is 14.8 Å². The second-order valence-corrected chi connectivity index (χ2v) is 5.50. The number of carbonyl (C=O) groups is 1. The van der Waals surface area contributed by atoms with Crippen LogP contribution in [0.4, 0.5) is 5.69 Å². The molecule has 110 valence electrons. The molecule has 0 saturated heterocycles. The Morgan fingerprint density at radius 2 is 2.29 bits per heavy atom. The average molecular weight is 306 g/mol. The summed E-state index contributed by atoms with van der Waals surface area (Å²) >= 11 is 1.50. The summed E-state index contributed by atoms with van der Waals surface area (Å²) in [6, 6.07) is 5.34. The summed E-state index contributed by atoms with van der Waals surface area (Å²) in [5.41, 5.74) is 0.702. The number of fused-ring (bicyclic) bond motifs is 1. The van der Waals surface area contributed by atoms with E-state index in [1.807, 2.05) is 11.6 Å². The summed E-state index contributed by atoms with van der Waals surface area (Å²) in [7, 11) is 1.87. The maximum Gasteiger partial charge on any atom is 0.231 e. The van der Waals surface area contributed by atoms with Gasteiger partial charge in [-0.05, 0) is 12.1 Å². The molecule has 0 radical (unpaired) electrons. The largest absolute Gasteiger partial charge is 0.454 e. The second-order valence-electron chi connectivity index (χ2n) is 4.44. The van der Waals surface area contributed by atoms with E-state index in [4.69, 9.17) is 9.47 Å². The fraction of sp³-hybridized carbons (Fsp3) is 0.308. The topological polar surface area (TPSA) is 78.3 Å². The van der Waals surface area contributed by atoms with Crippen molar-refractivity contribution in [1.29, 1.82) is 0 Å². The van der Waals surface area contributed by atoms with Crippen molar-refractivity contribution in [3.63, 3.8) is 0 Å². The van der Waals surface area contributed by atoms with Gasteiger partial charge in [-0.25, -0.2) is 0 Å². The maximum absolute atomic E-state index is 11.9. The van der Waals surface area contributed by atoms with E-state index in [2.05, 4.69) is 15.5 Å². The molecule has 2 heterocycles. The summed E-state index contributed by atoms with van der Waals surface area (Å²) in [5, 5.41) is 11.4. The Hall–Kier alpha value is -2.22. The molecule has 0 atom stereocenters. The summed E-state index contributed by atoms with van der Waals surface area (Å²) in [6.45, 7) is 0.223. The van der Waals surface area contributed by atoms with Crippen molar-refractivity contribution in [2.45, 2.75) is 11.6 Å². The number of aryl methyl sites for hydroxylation is 1. The zero-order valence-electron chi connectivity index (χ0n) is 11.4. The van der Waals surface area contributed by atoms with Crippen molar-refractivity contribution in [3.8, 4) is 11.5 Å². The van der Waals surface area contributed by atoms with E-state index in [9.17, 15) is 4.79 Å². The molecule has 8 heteroatoms. The van der Waals surface area contributed by atoms with E-state index < -0.39 is 0 Å². The first-order chi connectivity index (χ1) is 10.2. The molecule has 1 amide bonds. The molecule has 2 aromatic rings. The average Bonchev–Trinajstić information content (AvgIpc) is 3.07. The van der Waals surface area contributed by atoms with E-state index in [1.54, 1.807) is 24.5 Å². The third-order valence-electron chi connectivity index (χ3n) is 2.89. The van der Waals surface area contributed by atoms with Gasteiger partial charge in [0.05, 0.1) is 0 Å². The van der Waals surface area contributed by atoms with E-state index in [0.717, 1.165) is 5.16 Å². The molecule has 0 saturated carbocycles. The Morgan fingerprint density at radius 1 is 1.43 bits per heavy atom. The molecule has 1 N–H and O–H groups in total. The van der Waals surface area contributed by atoms with Gasteiger partial charge in [-0.2, -0.15) is 0 Å². The van der Waals surface area contributed by atoms with Gasteiger partial charge in [-0.3, -0.25) is 4.79 Å². The third kappa shape index (κ3) is 3.27. The first-order valence-corrected chi connectivity index (χ1v) is 7.37. The number of nitrogens with one attached hydrogen (secondary N) is 1. The lowest BCUT2D eigenvalue weighted by Gasteiger charge is -2.06. The normalized spacial score (nSPS) is 12.4. The van der Waals surface area contributed by atoms with Gasteiger partial charge in [0.1, 0.15) is 6.33 Å². The van der Waals surface area contributed by atoms with Crippen LogP contribution in [0, 0.1) is 0 Å². The lowest BCUT2D eigenvalue weighted by molar-refractivity contribution is -0.115. The van der Waals surface area contributed by atoms with Gasteiger partial charge in [-0.1, -0.05) is 11.8 Å². The van der Waals surface area contributed by atoms with Crippen molar-refractivity contribution in [2.24, 2.45) is 7.05 Å². The molecule has 3 rings (SSSR count). The highest BCUT2D eigenvalue weighted by Gasteiger charge is 2.14. The van der Waals surface area contributed by atoms with Gasteiger partial charge in [-0.15, -0.1) is 10.2 Å². The number of amides is 1. The zero-order valence-corrected chi connectivity index (χ0v) is 12.2. The van der Waals surface area contributed by atoms with Crippen LogP contribution in [0.1, 0.15) is 6.42 Å². The highest BCUT2D eigenvalue weighted by Crippen LogP contribution is 2.34. The number of hydrogen-bond donors (Lipinski definition) is 1. The fourth-order valence-electron chi connectivity index (χ4n) is 1.84. The molecule has 1 aliphatic heterocycles. The SMILES string of the molecule is Cn1cnnc1SCCC(=O)Nc1ccc2c(c1)OCO2. The molecule has 0 fully saturated rings. The van der Waals surface area contributed by atoms with Crippen LogP contribution in [0.2, 0.25) is 0 Å². The van der Waals surface area contributed by atoms with Crippen molar-refractivity contribution in [2.75, 3.05) is 17.9 Å².